The quantitative estimate of drug-likeness (QED) is 0.303. The van der Waals surface area contributed by atoms with Gasteiger partial charge in [0.05, 0.1) is 12.8 Å². The molecule has 4 aromatic rings. The van der Waals surface area contributed by atoms with Crippen LogP contribution in [0.1, 0.15) is 33.4 Å². The van der Waals surface area contributed by atoms with E-state index in [0.717, 1.165) is 55.9 Å². The van der Waals surface area contributed by atoms with Crippen LogP contribution in [0.4, 0.5) is 11.4 Å². The second kappa shape index (κ2) is 11.0. The average molecular weight is 477 g/mol. The van der Waals surface area contributed by atoms with Gasteiger partial charge in [-0.2, -0.15) is 0 Å². The van der Waals surface area contributed by atoms with Crippen molar-refractivity contribution in [3.63, 3.8) is 0 Å². The predicted molar refractivity (Wildman–Crippen MR) is 148 cm³/mol. The van der Waals surface area contributed by atoms with Crippen LogP contribution in [0.5, 0.6) is 0 Å². The summed E-state index contributed by atoms with van der Waals surface area (Å²) in [5.74, 6) is -0.0522. The minimum absolute atomic E-state index is 0.0261. The van der Waals surface area contributed by atoms with Gasteiger partial charge in [-0.05, 0) is 96.5 Å². The minimum Gasteiger partial charge on any atom is -0.326 e. The highest BCUT2D eigenvalue weighted by atomic mass is 16.2. The lowest BCUT2D eigenvalue weighted by Gasteiger charge is -2.13. The molecule has 0 bridgehead atoms. The van der Waals surface area contributed by atoms with E-state index >= 15 is 0 Å². The first-order valence-electron chi connectivity index (χ1n) is 12.2. The van der Waals surface area contributed by atoms with Crippen LogP contribution in [0.3, 0.4) is 0 Å². The van der Waals surface area contributed by atoms with Crippen LogP contribution in [0.2, 0.25) is 0 Å². The molecule has 0 aliphatic rings. The van der Waals surface area contributed by atoms with Gasteiger partial charge < -0.3 is 10.6 Å². The van der Waals surface area contributed by atoms with E-state index in [1.54, 1.807) is 0 Å². The average Bonchev–Trinajstić information content (AvgIpc) is 2.84. The van der Waals surface area contributed by atoms with Gasteiger partial charge >= 0.3 is 0 Å². The molecule has 4 heteroatoms. The number of hydrogen-bond donors (Lipinski definition) is 2. The summed E-state index contributed by atoms with van der Waals surface area (Å²) < 4.78 is 0. The molecule has 0 fully saturated rings. The number of carbonyl (C=O) groups is 2. The third kappa shape index (κ3) is 6.08. The molecule has 0 saturated carbocycles. The standard InChI is InChI=1S/C32H32N2O2/c1-21-9-5-7-11-25(21)19-31(35)33-29-15-13-27(17-23(29)3)28-14-16-30(24(4)18-28)34-32(36)20-26-12-8-6-10-22(26)2/h5-18H,19-20H2,1-4H3,(H,33,35)(H,34,36). The number of aryl methyl sites for hydroxylation is 4. The Bertz CT molecular complexity index is 1310. The zero-order valence-electron chi connectivity index (χ0n) is 21.3. The molecular formula is C32H32N2O2. The summed E-state index contributed by atoms with van der Waals surface area (Å²) in [7, 11) is 0. The highest BCUT2D eigenvalue weighted by Gasteiger charge is 2.11. The zero-order chi connectivity index (χ0) is 25.7. The molecule has 0 saturated heterocycles. The fourth-order valence-corrected chi connectivity index (χ4v) is 4.32. The summed E-state index contributed by atoms with van der Waals surface area (Å²) in [6.45, 7) is 8.04. The van der Waals surface area contributed by atoms with Crippen molar-refractivity contribution >= 4 is 23.2 Å². The van der Waals surface area contributed by atoms with Gasteiger partial charge in [0, 0.05) is 11.4 Å². The number of hydrogen-bond acceptors (Lipinski definition) is 2. The van der Waals surface area contributed by atoms with Crippen molar-refractivity contribution in [1.82, 2.24) is 0 Å². The van der Waals surface area contributed by atoms with E-state index in [2.05, 4.69) is 22.8 Å². The highest BCUT2D eigenvalue weighted by molar-refractivity contribution is 5.94. The van der Waals surface area contributed by atoms with Crippen LogP contribution < -0.4 is 10.6 Å². The number of amides is 2. The van der Waals surface area contributed by atoms with E-state index in [1.807, 2.05) is 100 Å². The monoisotopic (exact) mass is 476 g/mol. The number of anilines is 2. The topological polar surface area (TPSA) is 58.2 Å². The lowest BCUT2D eigenvalue weighted by atomic mass is 9.99. The maximum Gasteiger partial charge on any atom is 0.228 e. The number of rotatable bonds is 7. The molecule has 0 heterocycles. The molecule has 36 heavy (non-hydrogen) atoms. The molecule has 182 valence electrons. The predicted octanol–water partition coefficient (Wildman–Crippen LogP) is 6.95. The molecule has 0 aliphatic carbocycles. The molecule has 4 aromatic carbocycles. The van der Waals surface area contributed by atoms with E-state index in [9.17, 15) is 9.59 Å². The van der Waals surface area contributed by atoms with E-state index in [1.165, 1.54) is 0 Å². The minimum atomic E-state index is -0.0261. The van der Waals surface area contributed by atoms with E-state index in [4.69, 9.17) is 0 Å². The van der Waals surface area contributed by atoms with Crippen molar-refractivity contribution < 1.29 is 9.59 Å². The first-order chi connectivity index (χ1) is 17.3. The van der Waals surface area contributed by atoms with Crippen LogP contribution >= 0.6 is 0 Å². The molecular weight excluding hydrogens is 444 g/mol. The van der Waals surface area contributed by atoms with Crippen LogP contribution in [0, 0.1) is 27.7 Å². The normalized spacial score (nSPS) is 10.7. The van der Waals surface area contributed by atoms with Crippen molar-refractivity contribution in [3.8, 4) is 11.1 Å². The molecule has 0 unspecified atom stereocenters. The molecule has 0 radical (unpaired) electrons. The van der Waals surface area contributed by atoms with E-state index in [-0.39, 0.29) is 11.8 Å². The Morgan fingerprint density at radius 2 is 0.917 bits per heavy atom. The maximum absolute atomic E-state index is 12.6. The molecule has 4 nitrogen and oxygen atoms in total. The molecule has 2 N–H and O–H groups in total. The SMILES string of the molecule is Cc1ccccc1CC(=O)Nc1ccc(-c2ccc(NC(=O)Cc3ccccc3C)c(C)c2)cc1C. The summed E-state index contributed by atoms with van der Waals surface area (Å²) in [6.07, 6.45) is 0.703. The maximum atomic E-state index is 12.6. The second-order valence-electron chi connectivity index (χ2n) is 9.36. The zero-order valence-corrected chi connectivity index (χ0v) is 21.3. The van der Waals surface area contributed by atoms with Gasteiger partial charge in [0.2, 0.25) is 11.8 Å². The molecule has 0 aromatic heterocycles. The fourth-order valence-electron chi connectivity index (χ4n) is 4.32. The molecule has 0 aliphatic heterocycles. The third-order valence-electron chi connectivity index (χ3n) is 6.56. The van der Waals surface area contributed by atoms with Gasteiger partial charge in [-0.15, -0.1) is 0 Å². The Morgan fingerprint density at radius 3 is 1.28 bits per heavy atom. The summed E-state index contributed by atoms with van der Waals surface area (Å²) in [5.41, 5.74) is 10.0. The lowest BCUT2D eigenvalue weighted by Crippen LogP contribution is -2.16. The summed E-state index contributed by atoms with van der Waals surface area (Å²) in [6, 6.07) is 28.0. The molecule has 0 atom stereocenters. The van der Waals surface area contributed by atoms with Crippen molar-refractivity contribution in [2.45, 2.75) is 40.5 Å². The van der Waals surface area contributed by atoms with Crippen molar-refractivity contribution in [3.05, 3.63) is 118 Å². The van der Waals surface area contributed by atoms with E-state index in [0.29, 0.717) is 12.8 Å². The van der Waals surface area contributed by atoms with Gasteiger partial charge in [0.15, 0.2) is 0 Å². The molecule has 0 spiro atoms. The van der Waals surface area contributed by atoms with Gasteiger partial charge in [0.1, 0.15) is 0 Å². The Hall–Kier alpha value is -4.18. The summed E-state index contributed by atoms with van der Waals surface area (Å²) in [5, 5.41) is 6.09. The van der Waals surface area contributed by atoms with Gasteiger partial charge in [-0.1, -0.05) is 60.7 Å². The van der Waals surface area contributed by atoms with E-state index < -0.39 is 0 Å². The lowest BCUT2D eigenvalue weighted by molar-refractivity contribution is -0.116. The van der Waals surface area contributed by atoms with Gasteiger partial charge in [-0.25, -0.2) is 0 Å². The molecule has 4 rings (SSSR count). The Kier molecular flexibility index (Phi) is 7.65. The van der Waals surface area contributed by atoms with Crippen molar-refractivity contribution in [1.29, 1.82) is 0 Å². The largest absolute Gasteiger partial charge is 0.326 e. The first kappa shape index (κ1) is 24.9. The fraction of sp³-hybridized carbons (Fsp3) is 0.188. The molecule has 2 amide bonds. The van der Waals surface area contributed by atoms with Gasteiger partial charge in [0.25, 0.3) is 0 Å². The van der Waals surface area contributed by atoms with Crippen LogP contribution in [0.25, 0.3) is 11.1 Å². The Labute approximate surface area is 213 Å². The summed E-state index contributed by atoms with van der Waals surface area (Å²) in [4.78, 5) is 25.2. The first-order valence-corrected chi connectivity index (χ1v) is 12.2. The number of benzene rings is 4. The summed E-state index contributed by atoms with van der Waals surface area (Å²) >= 11 is 0. The van der Waals surface area contributed by atoms with Gasteiger partial charge in [-0.3, -0.25) is 9.59 Å². The second-order valence-corrected chi connectivity index (χ2v) is 9.36. The number of nitrogens with one attached hydrogen (secondary N) is 2. The highest BCUT2D eigenvalue weighted by Crippen LogP contribution is 2.28. The van der Waals surface area contributed by atoms with Crippen LogP contribution in [0.15, 0.2) is 84.9 Å². The Morgan fingerprint density at radius 1 is 0.528 bits per heavy atom. The van der Waals surface area contributed by atoms with Crippen LogP contribution in [-0.4, -0.2) is 11.8 Å². The Balaban J connectivity index is 1.42. The third-order valence-corrected chi connectivity index (χ3v) is 6.56. The van der Waals surface area contributed by atoms with Crippen LogP contribution in [-0.2, 0) is 22.4 Å². The van der Waals surface area contributed by atoms with Crippen molar-refractivity contribution in [2.75, 3.05) is 10.6 Å². The van der Waals surface area contributed by atoms with Crippen molar-refractivity contribution in [2.24, 2.45) is 0 Å². The smallest absolute Gasteiger partial charge is 0.228 e. The number of carbonyl (C=O) groups excluding carboxylic acids is 2.